The number of nitrogens with two attached hydrogens (primary N) is 1. The van der Waals surface area contributed by atoms with Crippen molar-refractivity contribution in [3.05, 3.63) is 27.7 Å². The molecule has 1 rings (SSSR count). The number of aromatic carboxylic acids is 1. The van der Waals surface area contributed by atoms with Gasteiger partial charge in [0, 0.05) is 6.54 Å². The molecule has 0 aromatic heterocycles. The van der Waals surface area contributed by atoms with Crippen LogP contribution in [0.25, 0.3) is 0 Å². The smallest absolute Gasteiger partial charge is 0.341 e. The van der Waals surface area contributed by atoms with E-state index in [-0.39, 0.29) is 28.0 Å². The summed E-state index contributed by atoms with van der Waals surface area (Å²) in [4.78, 5) is 10.7. The second kappa shape index (κ2) is 10.7. The first-order chi connectivity index (χ1) is 9.49. The standard InChI is InChI=1S/C8H6Cl2O3.C4H11NO2/c1-13-7-5(10)3-2-4(9)6(7)8(11)12;5-1-3-7-4-2-6/h2-3H,1H3,(H,11,12);6H,1-5H2. The number of carboxylic acids is 1. The number of halogens is 2. The Kier molecular flexibility index (Phi) is 10.1. The van der Waals surface area contributed by atoms with E-state index in [9.17, 15) is 4.79 Å². The van der Waals surface area contributed by atoms with E-state index in [4.69, 9.17) is 48.6 Å². The Bertz CT molecular complexity index is 425. The highest BCUT2D eigenvalue weighted by Crippen LogP contribution is 2.33. The maximum absolute atomic E-state index is 10.7. The highest BCUT2D eigenvalue weighted by molar-refractivity contribution is 6.36. The third-order valence-corrected chi connectivity index (χ3v) is 2.59. The van der Waals surface area contributed by atoms with Gasteiger partial charge >= 0.3 is 5.97 Å². The number of hydrogen-bond acceptors (Lipinski definition) is 5. The van der Waals surface area contributed by atoms with Gasteiger partial charge in [0.15, 0.2) is 5.75 Å². The molecule has 0 spiro atoms. The first-order valence-electron chi connectivity index (χ1n) is 5.63. The molecule has 8 heteroatoms. The van der Waals surface area contributed by atoms with Gasteiger partial charge in [-0.15, -0.1) is 0 Å². The third kappa shape index (κ3) is 6.40. The Hall–Kier alpha value is -1.05. The van der Waals surface area contributed by atoms with Gasteiger partial charge in [-0.1, -0.05) is 23.2 Å². The summed E-state index contributed by atoms with van der Waals surface area (Å²) in [6.07, 6.45) is 0. The lowest BCUT2D eigenvalue weighted by Crippen LogP contribution is -2.10. The van der Waals surface area contributed by atoms with Crippen molar-refractivity contribution >= 4 is 29.2 Å². The summed E-state index contributed by atoms with van der Waals surface area (Å²) in [5.41, 5.74) is 4.95. The van der Waals surface area contributed by atoms with Crippen molar-refractivity contribution in [3.8, 4) is 5.75 Å². The molecule has 4 N–H and O–H groups in total. The fourth-order valence-electron chi connectivity index (χ4n) is 1.18. The van der Waals surface area contributed by atoms with Gasteiger partial charge in [-0.25, -0.2) is 4.79 Å². The minimum absolute atomic E-state index is 0.0833. The highest BCUT2D eigenvalue weighted by Gasteiger charge is 2.17. The van der Waals surface area contributed by atoms with E-state index in [0.29, 0.717) is 19.8 Å². The Balaban J connectivity index is 0.000000441. The number of methoxy groups -OCH3 is 1. The summed E-state index contributed by atoms with van der Waals surface area (Å²) in [7, 11) is 1.34. The van der Waals surface area contributed by atoms with Gasteiger partial charge in [0.2, 0.25) is 0 Å². The molecule has 0 radical (unpaired) electrons. The van der Waals surface area contributed by atoms with E-state index in [1.165, 1.54) is 19.2 Å². The summed E-state index contributed by atoms with van der Waals surface area (Å²) in [6.45, 7) is 1.55. The Morgan fingerprint density at radius 3 is 2.30 bits per heavy atom. The van der Waals surface area contributed by atoms with Crippen LogP contribution in [0.1, 0.15) is 10.4 Å². The van der Waals surface area contributed by atoms with E-state index in [0.717, 1.165) is 0 Å². The number of carbonyl (C=O) groups is 1. The summed E-state index contributed by atoms with van der Waals surface area (Å²) < 4.78 is 9.58. The Morgan fingerprint density at radius 2 is 1.90 bits per heavy atom. The molecule has 0 bridgehead atoms. The maximum Gasteiger partial charge on any atom is 0.341 e. The molecule has 114 valence electrons. The number of carboxylic acid groups (broad SMARTS) is 1. The average molecular weight is 326 g/mol. The van der Waals surface area contributed by atoms with Crippen LogP contribution < -0.4 is 10.5 Å². The van der Waals surface area contributed by atoms with E-state index in [2.05, 4.69) is 0 Å². The zero-order valence-electron chi connectivity index (χ0n) is 10.9. The number of rotatable bonds is 6. The van der Waals surface area contributed by atoms with Crippen LogP contribution in [0, 0.1) is 0 Å². The SMILES string of the molecule is COc1c(Cl)ccc(Cl)c1C(=O)O.NCCOCCO. The first-order valence-corrected chi connectivity index (χ1v) is 6.39. The zero-order chi connectivity index (χ0) is 15.5. The predicted molar refractivity (Wildman–Crippen MR) is 76.9 cm³/mol. The normalized spacial score (nSPS) is 9.65. The molecule has 0 amide bonds. The van der Waals surface area contributed by atoms with Crippen LogP contribution >= 0.6 is 23.2 Å². The number of ether oxygens (including phenoxy) is 2. The lowest BCUT2D eigenvalue weighted by molar-refractivity contribution is 0.0693. The summed E-state index contributed by atoms with van der Waals surface area (Å²) in [5, 5.41) is 17.2. The molecule has 1 aromatic rings. The molecule has 1 aromatic carbocycles. The van der Waals surface area contributed by atoms with Crippen LogP contribution in [0.3, 0.4) is 0 Å². The summed E-state index contributed by atoms with van der Waals surface area (Å²) in [5.74, 6) is -1.08. The topological polar surface area (TPSA) is 102 Å². The zero-order valence-corrected chi connectivity index (χ0v) is 12.4. The number of benzene rings is 1. The Morgan fingerprint density at radius 1 is 1.30 bits per heavy atom. The van der Waals surface area contributed by atoms with Gasteiger partial charge in [0.05, 0.1) is 37.0 Å². The fraction of sp³-hybridized carbons (Fsp3) is 0.417. The van der Waals surface area contributed by atoms with Crippen molar-refractivity contribution in [2.45, 2.75) is 0 Å². The van der Waals surface area contributed by atoms with Gasteiger partial charge in [-0.3, -0.25) is 0 Å². The van der Waals surface area contributed by atoms with Gasteiger partial charge in [-0.2, -0.15) is 0 Å². The highest BCUT2D eigenvalue weighted by atomic mass is 35.5. The summed E-state index contributed by atoms with van der Waals surface area (Å²) in [6, 6.07) is 2.89. The number of aliphatic hydroxyl groups excluding tert-OH is 1. The van der Waals surface area contributed by atoms with Gasteiger partial charge < -0.3 is 25.4 Å². The monoisotopic (exact) mass is 325 g/mol. The molecule has 0 aliphatic heterocycles. The van der Waals surface area contributed by atoms with Crippen molar-refractivity contribution in [1.82, 2.24) is 0 Å². The van der Waals surface area contributed by atoms with Crippen LogP contribution in [0.5, 0.6) is 5.75 Å². The molecule has 0 aliphatic carbocycles. The lowest BCUT2D eigenvalue weighted by Gasteiger charge is -2.07. The summed E-state index contributed by atoms with van der Waals surface area (Å²) >= 11 is 11.4. The molecule has 6 nitrogen and oxygen atoms in total. The fourth-order valence-corrected chi connectivity index (χ4v) is 1.65. The van der Waals surface area contributed by atoms with E-state index in [1.807, 2.05) is 0 Å². The largest absolute Gasteiger partial charge is 0.494 e. The van der Waals surface area contributed by atoms with Crippen LogP contribution in [-0.4, -0.2) is 49.7 Å². The molecular formula is C12H17Cl2NO5. The third-order valence-electron chi connectivity index (χ3n) is 1.97. The molecule has 0 unspecified atom stereocenters. The van der Waals surface area contributed by atoms with Gasteiger partial charge in [0.1, 0.15) is 5.56 Å². The lowest BCUT2D eigenvalue weighted by atomic mass is 10.2. The van der Waals surface area contributed by atoms with E-state index in [1.54, 1.807) is 0 Å². The Labute approximate surface area is 127 Å². The molecule has 0 heterocycles. The average Bonchev–Trinajstić information content (AvgIpc) is 2.42. The first kappa shape index (κ1) is 18.9. The second-order valence-electron chi connectivity index (χ2n) is 3.37. The minimum atomic E-state index is -1.16. The van der Waals surface area contributed by atoms with Crippen molar-refractivity contribution < 1.29 is 24.5 Å². The van der Waals surface area contributed by atoms with Crippen molar-refractivity contribution in [3.63, 3.8) is 0 Å². The quantitative estimate of drug-likeness (QED) is 0.687. The number of aliphatic hydroxyl groups is 1. The van der Waals surface area contributed by atoms with E-state index >= 15 is 0 Å². The second-order valence-corrected chi connectivity index (χ2v) is 4.18. The molecular weight excluding hydrogens is 309 g/mol. The van der Waals surface area contributed by atoms with Crippen molar-refractivity contribution in [2.75, 3.05) is 33.5 Å². The molecule has 20 heavy (non-hydrogen) atoms. The molecule has 0 atom stereocenters. The van der Waals surface area contributed by atoms with E-state index < -0.39 is 5.97 Å². The molecule has 0 saturated carbocycles. The van der Waals surface area contributed by atoms with Crippen molar-refractivity contribution in [1.29, 1.82) is 0 Å². The predicted octanol–water partition coefficient (Wildman–Crippen LogP) is 1.65. The van der Waals surface area contributed by atoms with Crippen LogP contribution in [0.4, 0.5) is 0 Å². The number of hydrogen-bond donors (Lipinski definition) is 3. The van der Waals surface area contributed by atoms with Gasteiger partial charge in [0.25, 0.3) is 0 Å². The van der Waals surface area contributed by atoms with Gasteiger partial charge in [-0.05, 0) is 12.1 Å². The maximum atomic E-state index is 10.7. The minimum Gasteiger partial charge on any atom is -0.494 e. The van der Waals surface area contributed by atoms with Crippen LogP contribution in [0.2, 0.25) is 10.0 Å². The van der Waals surface area contributed by atoms with Crippen LogP contribution in [-0.2, 0) is 4.74 Å². The molecule has 0 fully saturated rings. The molecule has 0 saturated heterocycles. The van der Waals surface area contributed by atoms with Crippen molar-refractivity contribution in [2.24, 2.45) is 5.73 Å². The van der Waals surface area contributed by atoms with Crippen LogP contribution in [0.15, 0.2) is 12.1 Å². The molecule has 0 aliphatic rings.